The molecule has 96 valence electrons. The maximum Gasteiger partial charge on any atom is 0.162 e. The maximum atomic E-state index is 5.62. The Labute approximate surface area is 103 Å². The van der Waals surface area contributed by atoms with Gasteiger partial charge in [-0.15, -0.1) is 0 Å². The number of nitrogens with two attached hydrogens (primary N) is 1. The summed E-state index contributed by atoms with van der Waals surface area (Å²) in [5, 5.41) is 0. The molecule has 3 N–H and O–H groups in total. The van der Waals surface area contributed by atoms with Crippen LogP contribution >= 0.6 is 0 Å². The van der Waals surface area contributed by atoms with Gasteiger partial charge in [0.2, 0.25) is 0 Å². The quantitative estimate of drug-likeness (QED) is 0.606. The van der Waals surface area contributed by atoms with Crippen molar-refractivity contribution in [2.24, 2.45) is 5.84 Å². The summed E-state index contributed by atoms with van der Waals surface area (Å²) < 4.78 is 5.62. The molecule has 0 saturated heterocycles. The third-order valence-electron chi connectivity index (χ3n) is 3.47. The number of nitrogen functional groups attached to an aromatic ring is 1. The van der Waals surface area contributed by atoms with Crippen LogP contribution in [0.25, 0.3) is 0 Å². The lowest BCUT2D eigenvalue weighted by Crippen LogP contribution is -2.30. The number of rotatable bonds is 5. The van der Waals surface area contributed by atoms with E-state index in [0.717, 1.165) is 24.1 Å². The molecule has 0 amide bonds. The third-order valence-corrected chi connectivity index (χ3v) is 3.47. The van der Waals surface area contributed by atoms with E-state index in [1.54, 1.807) is 7.11 Å². The minimum absolute atomic E-state index is 0.427. The number of anilines is 1. The summed E-state index contributed by atoms with van der Waals surface area (Å²) in [6.45, 7) is 8.04. The topological polar surface area (TPSA) is 73.1 Å². The number of hydrogen-bond acceptors (Lipinski definition) is 5. The predicted octanol–water partition coefficient (Wildman–Crippen LogP) is 2.04. The summed E-state index contributed by atoms with van der Waals surface area (Å²) in [5.41, 5.74) is 4.08. The fourth-order valence-electron chi connectivity index (χ4n) is 1.92. The van der Waals surface area contributed by atoms with Gasteiger partial charge in [0.1, 0.15) is 11.4 Å². The highest BCUT2D eigenvalue weighted by atomic mass is 16.5. The van der Waals surface area contributed by atoms with Crippen molar-refractivity contribution in [3.63, 3.8) is 0 Å². The number of ether oxygens (including phenoxy) is 1. The molecule has 5 nitrogen and oxygen atoms in total. The monoisotopic (exact) mass is 238 g/mol. The van der Waals surface area contributed by atoms with E-state index in [9.17, 15) is 0 Å². The van der Waals surface area contributed by atoms with Gasteiger partial charge < -0.3 is 10.2 Å². The fourth-order valence-corrected chi connectivity index (χ4v) is 1.92. The van der Waals surface area contributed by atoms with Gasteiger partial charge >= 0.3 is 0 Å². The van der Waals surface area contributed by atoms with Gasteiger partial charge in [0.05, 0.1) is 0 Å². The summed E-state index contributed by atoms with van der Waals surface area (Å²) >= 11 is 0. The molecule has 0 aliphatic heterocycles. The van der Waals surface area contributed by atoms with Gasteiger partial charge in [-0.3, -0.25) is 0 Å². The second kappa shape index (κ2) is 5.42. The number of nitrogens with one attached hydrogen (secondary N) is 1. The highest BCUT2D eigenvalue weighted by molar-refractivity contribution is 5.44. The number of aryl methyl sites for hydroxylation is 1. The molecule has 0 saturated carbocycles. The Kier molecular flexibility index (Phi) is 4.42. The van der Waals surface area contributed by atoms with Crippen LogP contribution in [0.5, 0.6) is 0 Å². The molecule has 0 unspecified atom stereocenters. The second-order valence-electron chi connectivity index (χ2n) is 4.16. The standard InChI is InChI=1S/C12H22N4O/c1-6-12(7-2,17-5)11-14-9(4)8(3)10(15-11)16-13/h6-7,13H2,1-5H3,(H,14,15,16). The Morgan fingerprint density at radius 1 is 1.24 bits per heavy atom. The van der Waals surface area contributed by atoms with Gasteiger partial charge in [0.15, 0.2) is 5.82 Å². The zero-order valence-electron chi connectivity index (χ0n) is 11.3. The van der Waals surface area contributed by atoms with Crippen LogP contribution in [-0.2, 0) is 10.3 Å². The summed E-state index contributed by atoms with van der Waals surface area (Å²) in [5.74, 6) is 6.83. The van der Waals surface area contributed by atoms with Crippen molar-refractivity contribution in [3.8, 4) is 0 Å². The molecule has 1 heterocycles. The molecule has 0 aromatic carbocycles. The normalized spacial score (nSPS) is 11.6. The van der Waals surface area contributed by atoms with Crippen molar-refractivity contribution in [2.45, 2.75) is 46.1 Å². The van der Waals surface area contributed by atoms with E-state index in [2.05, 4.69) is 29.2 Å². The highest BCUT2D eigenvalue weighted by Gasteiger charge is 2.32. The molecule has 1 aromatic rings. The largest absolute Gasteiger partial charge is 0.370 e. The molecule has 0 bridgehead atoms. The highest BCUT2D eigenvalue weighted by Crippen LogP contribution is 2.31. The van der Waals surface area contributed by atoms with E-state index in [-0.39, 0.29) is 0 Å². The smallest absolute Gasteiger partial charge is 0.162 e. The van der Waals surface area contributed by atoms with E-state index in [1.807, 2.05) is 13.8 Å². The van der Waals surface area contributed by atoms with E-state index in [4.69, 9.17) is 10.6 Å². The van der Waals surface area contributed by atoms with E-state index in [0.29, 0.717) is 11.6 Å². The first kappa shape index (κ1) is 13.9. The Morgan fingerprint density at radius 3 is 2.24 bits per heavy atom. The Bertz CT molecular complexity index is 380. The molecule has 0 aliphatic rings. The van der Waals surface area contributed by atoms with Crippen molar-refractivity contribution in [3.05, 3.63) is 17.1 Å². The fraction of sp³-hybridized carbons (Fsp3) is 0.667. The minimum Gasteiger partial charge on any atom is -0.370 e. The summed E-state index contributed by atoms with van der Waals surface area (Å²) in [6, 6.07) is 0. The molecule has 0 fully saturated rings. The van der Waals surface area contributed by atoms with Gasteiger partial charge in [-0.05, 0) is 26.7 Å². The minimum atomic E-state index is -0.427. The van der Waals surface area contributed by atoms with E-state index < -0.39 is 5.60 Å². The summed E-state index contributed by atoms with van der Waals surface area (Å²) in [7, 11) is 1.70. The van der Waals surface area contributed by atoms with Crippen molar-refractivity contribution >= 4 is 5.82 Å². The van der Waals surface area contributed by atoms with Crippen molar-refractivity contribution in [1.29, 1.82) is 0 Å². The van der Waals surface area contributed by atoms with Crippen LogP contribution < -0.4 is 11.3 Å². The van der Waals surface area contributed by atoms with Crippen LogP contribution in [0.15, 0.2) is 0 Å². The zero-order valence-corrected chi connectivity index (χ0v) is 11.3. The van der Waals surface area contributed by atoms with Crippen molar-refractivity contribution in [2.75, 3.05) is 12.5 Å². The van der Waals surface area contributed by atoms with Gasteiger partial charge in [0, 0.05) is 18.4 Å². The summed E-state index contributed by atoms with van der Waals surface area (Å²) in [4.78, 5) is 9.00. The molecule has 5 heteroatoms. The number of nitrogens with zero attached hydrogens (tertiary/aromatic N) is 2. The predicted molar refractivity (Wildman–Crippen MR) is 68.6 cm³/mol. The van der Waals surface area contributed by atoms with Gasteiger partial charge in [0.25, 0.3) is 0 Å². The van der Waals surface area contributed by atoms with Crippen molar-refractivity contribution < 1.29 is 4.74 Å². The van der Waals surface area contributed by atoms with Crippen LogP contribution in [0.4, 0.5) is 5.82 Å². The lowest BCUT2D eigenvalue weighted by atomic mass is 9.95. The lowest BCUT2D eigenvalue weighted by molar-refractivity contribution is -0.0291. The average molecular weight is 238 g/mol. The maximum absolute atomic E-state index is 5.62. The zero-order chi connectivity index (χ0) is 13.1. The molecular weight excluding hydrogens is 216 g/mol. The molecule has 0 spiro atoms. The molecular formula is C12H22N4O. The van der Waals surface area contributed by atoms with Crippen LogP contribution in [0.3, 0.4) is 0 Å². The van der Waals surface area contributed by atoms with Crippen LogP contribution in [0.2, 0.25) is 0 Å². The third kappa shape index (κ3) is 2.40. The molecule has 0 atom stereocenters. The number of hydrazine groups is 1. The van der Waals surface area contributed by atoms with Crippen LogP contribution in [-0.4, -0.2) is 17.1 Å². The van der Waals surface area contributed by atoms with Crippen LogP contribution in [0, 0.1) is 13.8 Å². The number of methoxy groups -OCH3 is 1. The van der Waals surface area contributed by atoms with Gasteiger partial charge in [-0.25, -0.2) is 15.8 Å². The first-order valence-corrected chi connectivity index (χ1v) is 5.92. The van der Waals surface area contributed by atoms with Gasteiger partial charge in [-0.1, -0.05) is 13.8 Å². The number of aromatic nitrogens is 2. The van der Waals surface area contributed by atoms with Gasteiger partial charge in [-0.2, -0.15) is 0 Å². The molecule has 0 radical (unpaired) electrons. The Balaban J connectivity index is 3.35. The van der Waals surface area contributed by atoms with Crippen molar-refractivity contribution in [1.82, 2.24) is 9.97 Å². The Hall–Kier alpha value is -1.20. The SMILES string of the molecule is CCC(CC)(OC)c1nc(C)c(C)c(NN)n1. The first-order chi connectivity index (χ1) is 8.04. The van der Waals surface area contributed by atoms with E-state index >= 15 is 0 Å². The molecule has 0 aliphatic carbocycles. The average Bonchev–Trinajstić information content (AvgIpc) is 2.36. The van der Waals surface area contributed by atoms with Crippen LogP contribution in [0.1, 0.15) is 43.8 Å². The number of hydrogen-bond donors (Lipinski definition) is 2. The summed E-state index contributed by atoms with van der Waals surface area (Å²) in [6.07, 6.45) is 1.65. The molecule has 17 heavy (non-hydrogen) atoms. The van der Waals surface area contributed by atoms with E-state index in [1.165, 1.54) is 0 Å². The Morgan fingerprint density at radius 2 is 1.82 bits per heavy atom. The molecule has 1 rings (SSSR count). The lowest BCUT2D eigenvalue weighted by Gasteiger charge is -2.29. The second-order valence-corrected chi connectivity index (χ2v) is 4.16. The first-order valence-electron chi connectivity index (χ1n) is 5.92. The molecule has 1 aromatic heterocycles.